The Bertz CT molecular complexity index is 1310. The number of aliphatic hydroxyl groups excluding tert-OH is 1. The molecule has 240 valence electrons. The quantitative estimate of drug-likeness (QED) is 0.231. The SMILES string of the molecule is C[C@@]12C=CC(=O)C=C1CC[C@H]1C2[C@H](O)C[C@]2(C)C1CC[C@@]2(O)C(=O)COC(=O)CCCc1ccc(N(CCCl)CCCl)cc1. The second kappa shape index (κ2) is 13.3. The average molecular weight is 647 g/mol. The van der Waals surface area contributed by atoms with Crippen LogP contribution in [0.1, 0.15) is 64.4 Å². The highest BCUT2D eigenvalue weighted by Crippen LogP contribution is 2.67. The maximum Gasteiger partial charge on any atom is 0.306 e. The van der Waals surface area contributed by atoms with E-state index in [1.165, 1.54) is 0 Å². The Balaban J connectivity index is 1.15. The molecule has 0 radical (unpaired) electrons. The van der Waals surface area contributed by atoms with Gasteiger partial charge in [-0.3, -0.25) is 14.4 Å². The number of benzene rings is 1. The van der Waals surface area contributed by atoms with Crippen molar-refractivity contribution in [2.75, 3.05) is 36.4 Å². The van der Waals surface area contributed by atoms with E-state index in [1.807, 2.05) is 37.3 Å². The molecule has 2 unspecified atom stereocenters. The van der Waals surface area contributed by atoms with Crippen molar-refractivity contribution in [2.45, 2.75) is 76.9 Å². The second-order valence-corrected chi connectivity index (χ2v) is 14.3. The number of carbonyl (C=O) groups excluding carboxylic acids is 3. The number of rotatable bonds is 12. The number of esters is 1. The van der Waals surface area contributed by atoms with Crippen molar-refractivity contribution in [3.63, 3.8) is 0 Å². The van der Waals surface area contributed by atoms with E-state index in [9.17, 15) is 24.6 Å². The van der Waals surface area contributed by atoms with Gasteiger partial charge < -0.3 is 19.8 Å². The fourth-order valence-corrected chi connectivity index (χ4v) is 9.42. The van der Waals surface area contributed by atoms with Crippen LogP contribution in [0.5, 0.6) is 0 Å². The number of allylic oxidation sites excluding steroid dienone is 4. The van der Waals surface area contributed by atoms with Crippen LogP contribution in [0.4, 0.5) is 5.69 Å². The summed E-state index contributed by atoms with van der Waals surface area (Å²) in [5.41, 5.74) is 0.321. The Hall–Kier alpha value is -2.19. The Morgan fingerprint density at radius 3 is 2.48 bits per heavy atom. The number of ether oxygens (including phenoxy) is 1. The fraction of sp³-hybridized carbons (Fsp3) is 0.629. The molecule has 0 spiro atoms. The first-order valence-electron chi connectivity index (χ1n) is 16.0. The smallest absolute Gasteiger partial charge is 0.306 e. The van der Waals surface area contributed by atoms with Crippen molar-refractivity contribution in [2.24, 2.45) is 28.6 Å². The van der Waals surface area contributed by atoms with Gasteiger partial charge in [0.05, 0.1) is 6.10 Å². The topological polar surface area (TPSA) is 104 Å². The monoisotopic (exact) mass is 645 g/mol. The number of Topliss-reactive ketones (excluding diaryl/α,β-unsaturated/α-hetero) is 1. The van der Waals surface area contributed by atoms with Gasteiger partial charge in [-0.15, -0.1) is 23.2 Å². The van der Waals surface area contributed by atoms with Crippen molar-refractivity contribution < 1.29 is 29.3 Å². The van der Waals surface area contributed by atoms with Crippen LogP contribution in [0.15, 0.2) is 48.1 Å². The van der Waals surface area contributed by atoms with Crippen LogP contribution < -0.4 is 4.90 Å². The highest BCUT2D eigenvalue weighted by atomic mass is 35.5. The van der Waals surface area contributed by atoms with Gasteiger partial charge >= 0.3 is 5.97 Å². The molecule has 1 aromatic carbocycles. The van der Waals surface area contributed by atoms with Crippen molar-refractivity contribution in [3.8, 4) is 0 Å². The predicted octanol–water partition coefficient (Wildman–Crippen LogP) is 5.42. The van der Waals surface area contributed by atoms with Crippen molar-refractivity contribution in [3.05, 3.63) is 53.6 Å². The van der Waals surface area contributed by atoms with Gasteiger partial charge in [0.2, 0.25) is 5.78 Å². The van der Waals surface area contributed by atoms with Crippen LogP contribution in [-0.2, 0) is 25.5 Å². The zero-order valence-corrected chi connectivity index (χ0v) is 27.3. The summed E-state index contributed by atoms with van der Waals surface area (Å²) >= 11 is 11.8. The van der Waals surface area contributed by atoms with Gasteiger partial charge in [0.15, 0.2) is 12.4 Å². The normalized spacial score (nSPS) is 34.0. The lowest BCUT2D eigenvalue weighted by atomic mass is 9.46. The van der Waals surface area contributed by atoms with Gasteiger partial charge in [0, 0.05) is 53.7 Å². The number of anilines is 1. The lowest BCUT2D eigenvalue weighted by molar-refractivity contribution is -0.181. The summed E-state index contributed by atoms with van der Waals surface area (Å²) in [5.74, 6) is 0.166. The molecule has 2 N–H and O–H groups in total. The first-order valence-corrected chi connectivity index (χ1v) is 17.0. The Morgan fingerprint density at radius 2 is 1.80 bits per heavy atom. The fourth-order valence-electron chi connectivity index (χ4n) is 9.01. The summed E-state index contributed by atoms with van der Waals surface area (Å²) in [6.07, 6.45) is 8.81. The number of halogens is 2. The van der Waals surface area contributed by atoms with Crippen LogP contribution in [0.25, 0.3) is 0 Å². The maximum atomic E-state index is 13.5. The third-order valence-electron chi connectivity index (χ3n) is 11.3. The molecule has 44 heavy (non-hydrogen) atoms. The molecule has 7 nitrogen and oxygen atoms in total. The molecule has 0 bridgehead atoms. The molecular formula is C35H45Cl2NO6. The lowest BCUT2D eigenvalue weighted by Gasteiger charge is -2.59. The zero-order chi connectivity index (χ0) is 31.7. The Kier molecular flexibility index (Phi) is 10.0. The number of hydrogen-bond donors (Lipinski definition) is 2. The molecule has 0 aliphatic heterocycles. The van der Waals surface area contributed by atoms with E-state index in [1.54, 1.807) is 12.2 Å². The highest BCUT2D eigenvalue weighted by molar-refractivity contribution is 6.18. The minimum atomic E-state index is -1.66. The summed E-state index contributed by atoms with van der Waals surface area (Å²) in [5, 5.41) is 23.4. The van der Waals surface area contributed by atoms with E-state index in [4.69, 9.17) is 27.9 Å². The standard InChI is InChI=1S/C35H45Cl2NO6/c1-33-14-12-26(39)20-24(33)8-11-27-28-13-15-35(43,34(28,2)21-29(40)32(27)33)30(41)22-44-31(42)5-3-4-23-6-9-25(10-7-23)38(18-16-36)19-17-37/h6-7,9-10,12,14,20,27-29,32,40,43H,3-5,8,11,13,15-19,21-22H2,1-2H3/t27-,28?,29-,32?,33-,34-,35-/m1/s1. The van der Waals surface area contributed by atoms with Gasteiger partial charge in [-0.1, -0.05) is 37.6 Å². The van der Waals surface area contributed by atoms with Crippen LogP contribution in [0, 0.1) is 28.6 Å². The van der Waals surface area contributed by atoms with Crippen molar-refractivity contribution in [1.82, 2.24) is 0 Å². The summed E-state index contributed by atoms with van der Waals surface area (Å²) in [4.78, 5) is 40.3. The third-order valence-corrected chi connectivity index (χ3v) is 11.7. The number of ketones is 2. The Labute approximate surface area is 270 Å². The number of fused-ring (bicyclic) bond motifs is 5. The first-order chi connectivity index (χ1) is 21.0. The van der Waals surface area contributed by atoms with Crippen LogP contribution in [0.2, 0.25) is 0 Å². The van der Waals surface area contributed by atoms with Gasteiger partial charge in [0.25, 0.3) is 0 Å². The highest BCUT2D eigenvalue weighted by Gasteiger charge is 2.68. The molecule has 3 fully saturated rings. The molecule has 0 saturated heterocycles. The van der Waals surface area contributed by atoms with E-state index in [-0.39, 0.29) is 42.8 Å². The van der Waals surface area contributed by atoms with Crippen molar-refractivity contribution in [1.29, 1.82) is 0 Å². The molecule has 7 atom stereocenters. The Morgan fingerprint density at radius 1 is 1.09 bits per heavy atom. The van der Waals surface area contributed by atoms with E-state index >= 15 is 0 Å². The molecule has 5 rings (SSSR count). The summed E-state index contributed by atoms with van der Waals surface area (Å²) < 4.78 is 5.39. The van der Waals surface area contributed by atoms with E-state index in [0.717, 1.165) is 29.7 Å². The third kappa shape index (κ3) is 6.02. The second-order valence-electron chi connectivity index (χ2n) is 13.6. The lowest BCUT2D eigenvalue weighted by Crippen LogP contribution is -2.61. The number of aliphatic hydroxyl groups is 2. The minimum absolute atomic E-state index is 0.0103. The largest absolute Gasteiger partial charge is 0.458 e. The summed E-state index contributed by atoms with van der Waals surface area (Å²) in [7, 11) is 0. The summed E-state index contributed by atoms with van der Waals surface area (Å²) in [6.45, 7) is 4.99. The summed E-state index contributed by atoms with van der Waals surface area (Å²) in [6, 6.07) is 8.12. The number of nitrogens with zero attached hydrogens (tertiary/aromatic N) is 1. The number of aryl methyl sites for hydroxylation is 1. The molecule has 9 heteroatoms. The molecule has 0 aromatic heterocycles. The number of alkyl halides is 2. The molecule has 4 aliphatic carbocycles. The molecule has 3 saturated carbocycles. The van der Waals surface area contributed by atoms with Gasteiger partial charge in [-0.05, 0) is 86.6 Å². The molecule has 4 aliphatic rings. The molecule has 0 heterocycles. The van der Waals surface area contributed by atoms with E-state index < -0.39 is 40.9 Å². The zero-order valence-electron chi connectivity index (χ0n) is 25.8. The first kappa shape index (κ1) is 33.2. The molecule has 1 aromatic rings. The maximum absolute atomic E-state index is 13.5. The number of hydrogen-bond acceptors (Lipinski definition) is 7. The van der Waals surface area contributed by atoms with E-state index in [0.29, 0.717) is 44.1 Å². The number of carbonyl (C=O) groups is 3. The van der Waals surface area contributed by atoms with Crippen LogP contribution in [-0.4, -0.2) is 70.9 Å². The molecular weight excluding hydrogens is 601 g/mol. The van der Waals surface area contributed by atoms with Gasteiger partial charge in [0.1, 0.15) is 5.60 Å². The minimum Gasteiger partial charge on any atom is -0.458 e. The van der Waals surface area contributed by atoms with Crippen LogP contribution >= 0.6 is 23.2 Å². The van der Waals surface area contributed by atoms with Gasteiger partial charge in [-0.25, -0.2) is 0 Å². The van der Waals surface area contributed by atoms with Crippen molar-refractivity contribution >= 4 is 46.4 Å². The van der Waals surface area contributed by atoms with E-state index in [2.05, 4.69) is 11.8 Å². The predicted molar refractivity (Wildman–Crippen MR) is 172 cm³/mol. The average Bonchev–Trinajstić information content (AvgIpc) is 3.27. The molecule has 0 amide bonds. The van der Waals surface area contributed by atoms with Gasteiger partial charge in [-0.2, -0.15) is 0 Å². The van der Waals surface area contributed by atoms with Crippen LogP contribution in [0.3, 0.4) is 0 Å².